The van der Waals surface area contributed by atoms with Crippen molar-refractivity contribution in [2.24, 2.45) is 0 Å². The molecule has 1 aromatic rings. The summed E-state index contributed by atoms with van der Waals surface area (Å²) in [6.45, 7) is 1.84. The summed E-state index contributed by atoms with van der Waals surface area (Å²) in [5.41, 5.74) is 1.46. The number of carbonyl (C=O) groups excluding carboxylic acids is 1. The molecule has 0 saturated heterocycles. The lowest BCUT2D eigenvalue weighted by Gasteiger charge is -1.93. The van der Waals surface area contributed by atoms with Crippen LogP contribution >= 0.6 is 0 Å². The first-order valence-electron chi connectivity index (χ1n) is 3.77. The van der Waals surface area contributed by atoms with Crippen LogP contribution in [-0.2, 0) is 9.53 Å². The predicted molar refractivity (Wildman–Crippen MR) is 47.8 cm³/mol. The SMILES string of the molecule is COC(=O)C=Cc1cncc(C)n1. The maximum Gasteiger partial charge on any atom is 0.330 e. The number of hydrogen-bond acceptors (Lipinski definition) is 4. The van der Waals surface area contributed by atoms with Gasteiger partial charge in [0.25, 0.3) is 0 Å². The van der Waals surface area contributed by atoms with Gasteiger partial charge in [-0.15, -0.1) is 0 Å². The molecule has 0 radical (unpaired) electrons. The first kappa shape index (κ1) is 9.38. The number of aromatic nitrogens is 2. The van der Waals surface area contributed by atoms with Crippen molar-refractivity contribution >= 4 is 12.0 Å². The molecule has 0 unspecified atom stereocenters. The van der Waals surface area contributed by atoms with Gasteiger partial charge in [-0.05, 0) is 13.0 Å². The van der Waals surface area contributed by atoms with Gasteiger partial charge >= 0.3 is 5.97 Å². The van der Waals surface area contributed by atoms with Crippen molar-refractivity contribution in [3.8, 4) is 0 Å². The summed E-state index contributed by atoms with van der Waals surface area (Å²) in [5, 5.41) is 0. The van der Waals surface area contributed by atoms with Crippen molar-refractivity contribution in [3.63, 3.8) is 0 Å². The fraction of sp³-hybridized carbons (Fsp3) is 0.222. The van der Waals surface area contributed by atoms with E-state index >= 15 is 0 Å². The Kier molecular flexibility index (Phi) is 3.14. The summed E-state index contributed by atoms with van der Waals surface area (Å²) in [7, 11) is 1.33. The molecule has 1 aromatic heterocycles. The maximum absolute atomic E-state index is 10.7. The Hall–Kier alpha value is -1.71. The number of rotatable bonds is 2. The van der Waals surface area contributed by atoms with Gasteiger partial charge in [0, 0.05) is 12.3 Å². The van der Waals surface area contributed by atoms with Crippen molar-refractivity contribution < 1.29 is 9.53 Å². The van der Waals surface area contributed by atoms with E-state index in [0.717, 1.165) is 5.69 Å². The highest BCUT2D eigenvalue weighted by atomic mass is 16.5. The molecule has 13 heavy (non-hydrogen) atoms. The van der Waals surface area contributed by atoms with Crippen LogP contribution in [0.2, 0.25) is 0 Å². The number of carbonyl (C=O) groups is 1. The maximum atomic E-state index is 10.7. The third-order valence-corrected chi connectivity index (χ3v) is 1.36. The zero-order valence-electron chi connectivity index (χ0n) is 7.52. The van der Waals surface area contributed by atoms with E-state index in [0.29, 0.717) is 5.69 Å². The van der Waals surface area contributed by atoms with Crippen molar-refractivity contribution in [3.05, 3.63) is 29.9 Å². The van der Waals surface area contributed by atoms with Gasteiger partial charge < -0.3 is 4.74 Å². The van der Waals surface area contributed by atoms with Gasteiger partial charge in [0.1, 0.15) is 0 Å². The van der Waals surface area contributed by atoms with Gasteiger partial charge in [-0.25, -0.2) is 4.79 Å². The lowest BCUT2D eigenvalue weighted by molar-refractivity contribution is -0.134. The van der Waals surface area contributed by atoms with Gasteiger partial charge in [0.05, 0.1) is 24.7 Å². The molecule has 0 fully saturated rings. The van der Waals surface area contributed by atoms with Crippen molar-refractivity contribution in [1.82, 2.24) is 9.97 Å². The first-order valence-corrected chi connectivity index (χ1v) is 3.77. The summed E-state index contributed by atoms with van der Waals surface area (Å²) in [6.07, 6.45) is 6.09. The Labute approximate surface area is 76.3 Å². The van der Waals surface area contributed by atoms with Crippen LogP contribution in [0.5, 0.6) is 0 Å². The zero-order chi connectivity index (χ0) is 9.68. The quantitative estimate of drug-likeness (QED) is 0.500. The second-order valence-electron chi connectivity index (χ2n) is 2.44. The van der Waals surface area contributed by atoms with Crippen molar-refractivity contribution in [1.29, 1.82) is 0 Å². The van der Waals surface area contributed by atoms with Crippen LogP contribution in [0.25, 0.3) is 6.08 Å². The Bertz CT molecular complexity index is 334. The van der Waals surface area contributed by atoms with Gasteiger partial charge in [0.15, 0.2) is 0 Å². The third-order valence-electron chi connectivity index (χ3n) is 1.36. The molecule has 68 valence electrons. The minimum absolute atomic E-state index is 0.400. The lowest BCUT2D eigenvalue weighted by atomic mass is 10.4. The molecule has 0 saturated carbocycles. The Morgan fingerprint density at radius 1 is 1.54 bits per heavy atom. The summed E-state index contributed by atoms with van der Waals surface area (Å²) >= 11 is 0. The Morgan fingerprint density at radius 2 is 2.31 bits per heavy atom. The van der Waals surface area contributed by atoms with E-state index in [4.69, 9.17) is 0 Å². The highest BCUT2D eigenvalue weighted by Gasteiger charge is 1.93. The number of nitrogens with zero attached hydrogens (tertiary/aromatic N) is 2. The van der Waals surface area contributed by atoms with Crippen LogP contribution < -0.4 is 0 Å². The van der Waals surface area contributed by atoms with E-state index in [2.05, 4.69) is 14.7 Å². The van der Waals surface area contributed by atoms with E-state index in [-0.39, 0.29) is 0 Å². The monoisotopic (exact) mass is 178 g/mol. The molecule has 1 heterocycles. The van der Waals surface area contributed by atoms with E-state index in [1.54, 1.807) is 18.5 Å². The number of methoxy groups -OCH3 is 1. The molecule has 0 spiro atoms. The molecule has 4 heteroatoms. The van der Waals surface area contributed by atoms with Gasteiger partial charge in [-0.2, -0.15) is 0 Å². The van der Waals surface area contributed by atoms with Gasteiger partial charge in [-0.3, -0.25) is 9.97 Å². The number of aryl methyl sites for hydroxylation is 1. The van der Waals surface area contributed by atoms with Gasteiger partial charge in [-0.1, -0.05) is 0 Å². The minimum atomic E-state index is -0.400. The normalized spacial score (nSPS) is 10.3. The molecule has 0 N–H and O–H groups in total. The van der Waals surface area contributed by atoms with Crippen LogP contribution in [0.1, 0.15) is 11.4 Å². The lowest BCUT2D eigenvalue weighted by Crippen LogP contribution is -1.94. The summed E-state index contributed by atoms with van der Waals surface area (Å²) in [6, 6.07) is 0. The average Bonchev–Trinajstić information content (AvgIpc) is 2.14. The fourth-order valence-electron chi connectivity index (χ4n) is 0.785. The highest BCUT2D eigenvalue weighted by molar-refractivity contribution is 5.86. The first-order chi connectivity index (χ1) is 6.22. The van der Waals surface area contributed by atoms with E-state index in [9.17, 15) is 4.79 Å². The average molecular weight is 178 g/mol. The Balaban J connectivity index is 2.74. The predicted octanol–water partition coefficient (Wildman–Crippen LogP) is 0.971. The third kappa shape index (κ3) is 3.02. The molecule has 1 rings (SSSR count). The Morgan fingerprint density at radius 3 is 2.92 bits per heavy atom. The number of hydrogen-bond donors (Lipinski definition) is 0. The molecule has 0 atom stereocenters. The topological polar surface area (TPSA) is 52.1 Å². The summed E-state index contributed by atoms with van der Waals surface area (Å²) in [5.74, 6) is -0.400. The van der Waals surface area contributed by atoms with E-state index < -0.39 is 5.97 Å². The van der Waals surface area contributed by atoms with Crippen LogP contribution in [0, 0.1) is 6.92 Å². The van der Waals surface area contributed by atoms with Crippen LogP contribution in [0.3, 0.4) is 0 Å². The molecule has 4 nitrogen and oxygen atoms in total. The minimum Gasteiger partial charge on any atom is -0.466 e. The second kappa shape index (κ2) is 4.35. The van der Waals surface area contributed by atoms with Crippen LogP contribution in [-0.4, -0.2) is 23.0 Å². The van der Waals surface area contributed by atoms with Crippen molar-refractivity contribution in [2.75, 3.05) is 7.11 Å². The number of esters is 1. The summed E-state index contributed by atoms with van der Waals surface area (Å²) in [4.78, 5) is 18.8. The zero-order valence-corrected chi connectivity index (χ0v) is 7.52. The molecule has 0 aliphatic carbocycles. The standard InChI is InChI=1S/C9H10N2O2/c1-7-5-10-6-8(11-7)3-4-9(12)13-2/h3-6H,1-2H3. The van der Waals surface area contributed by atoms with Crippen LogP contribution in [0.15, 0.2) is 18.5 Å². The largest absolute Gasteiger partial charge is 0.466 e. The van der Waals surface area contributed by atoms with Crippen LogP contribution in [0.4, 0.5) is 0 Å². The molecule has 0 aliphatic rings. The van der Waals surface area contributed by atoms with E-state index in [1.165, 1.54) is 13.2 Å². The summed E-state index contributed by atoms with van der Waals surface area (Å²) < 4.78 is 4.43. The molecule has 0 aliphatic heterocycles. The fourth-order valence-corrected chi connectivity index (χ4v) is 0.785. The second-order valence-corrected chi connectivity index (χ2v) is 2.44. The van der Waals surface area contributed by atoms with E-state index in [1.807, 2.05) is 6.92 Å². The molecule has 0 bridgehead atoms. The molecular formula is C9H10N2O2. The molecular weight excluding hydrogens is 168 g/mol. The van der Waals surface area contributed by atoms with Gasteiger partial charge in [0.2, 0.25) is 0 Å². The number of ether oxygens (including phenoxy) is 1. The smallest absolute Gasteiger partial charge is 0.330 e. The molecule has 0 aromatic carbocycles. The van der Waals surface area contributed by atoms with Crippen molar-refractivity contribution in [2.45, 2.75) is 6.92 Å². The molecule has 0 amide bonds. The highest BCUT2D eigenvalue weighted by Crippen LogP contribution is 1.97.